The van der Waals surface area contributed by atoms with Crippen molar-refractivity contribution in [2.75, 3.05) is 0 Å². The monoisotopic (exact) mass is 229 g/mol. The Morgan fingerprint density at radius 2 is 1.59 bits per heavy atom. The van der Waals surface area contributed by atoms with Crippen LogP contribution in [0.2, 0.25) is 0 Å². The molecule has 0 radical (unpaired) electrons. The SMILES string of the molecule is O=C([O-])[C@H]1CC=CC[C@@H]1C(=O)c1ccccc1. The van der Waals surface area contributed by atoms with Crippen molar-refractivity contribution in [1.82, 2.24) is 0 Å². The average molecular weight is 229 g/mol. The van der Waals surface area contributed by atoms with Crippen molar-refractivity contribution in [3.05, 3.63) is 48.0 Å². The first-order valence-corrected chi connectivity index (χ1v) is 5.65. The Hall–Kier alpha value is -1.90. The zero-order valence-corrected chi connectivity index (χ0v) is 9.34. The molecule has 3 heteroatoms. The van der Waals surface area contributed by atoms with Crippen molar-refractivity contribution < 1.29 is 14.7 Å². The molecule has 1 aromatic carbocycles. The number of aliphatic carboxylic acids is 1. The van der Waals surface area contributed by atoms with E-state index in [2.05, 4.69) is 0 Å². The van der Waals surface area contributed by atoms with E-state index in [1.165, 1.54) is 0 Å². The number of benzene rings is 1. The predicted octanol–water partition coefficient (Wildman–Crippen LogP) is 1.20. The fraction of sp³-hybridized carbons (Fsp3) is 0.286. The molecule has 0 bridgehead atoms. The minimum atomic E-state index is -1.14. The second-order valence-electron chi connectivity index (χ2n) is 4.21. The maximum Gasteiger partial charge on any atom is 0.166 e. The maximum atomic E-state index is 12.2. The predicted molar refractivity (Wildman–Crippen MR) is 61.1 cm³/mol. The number of carbonyl (C=O) groups excluding carboxylic acids is 2. The van der Waals surface area contributed by atoms with Crippen molar-refractivity contribution in [2.45, 2.75) is 12.8 Å². The third kappa shape index (κ3) is 2.44. The Kier molecular flexibility index (Phi) is 3.38. The molecule has 88 valence electrons. The van der Waals surface area contributed by atoms with Crippen LogP contribution in [0.1, 0.15) is 23.2 Å². The molecule has 1 aliphatic carbocycles. The molecule has 0 saturated carbocycles. The topological polar surface area (TPSA) is 57.2 Å². The highest BCUT2D eigenvalue weighted by atomic mass is 16.4. The summed E-state index contributed by atoms with van der Waals surface area (Å²) in [5.74, 6) is -2.44. The lowest BCUT2D eigenvalue weighted by Crippen LogP contribution is -2.39. The smallest absolute Gasteiger partial charge is 0.166 e. The first kappa shape index (κ1) is 11.6. The van der Waals surface area contributed by atoms with Crippen LogP contribution in [-0.2, 0) is 4.79 Å². The van der Waals surface area contributed by atoms with Gasteiger partial charge in [0, 0.05) is 23.4 Å². The lowest BCUT2D eigenvalue weighted by Gasteiger charge is -2.28. The zero-order valence-electron chi connectivity index (χ0n) is 9.34. The van der Waals surface area contributed by atoms with Gasteiger partial charge in [-0.3, -0.25) is 4.79 Å². The molecule has 0 N–H and O–H groups in total. The largest absolute Gasteiger partial charge is 0.550 e. The summed E-state index contributed by atoms with van der Waals surface area (Å²) >= 11 is 0. The minimum absolute atomic E-state index is 0.107. The van der Waals surface area contributed by atoms with Crippen LogP contribution in [0.4, 0.5) is 0 Å². The summed E-state index contributed by atoms with van der Waals surface area (Å²) in [5.41, 5.74) is 0.569. The molecule has 0 aromatic heterocycles. The van der Waals surface area contributed by atoms with Crippen molar-refractivity contribution in [3.8, 4) is 0 Å². The van der Waals surface area contributed by atoms with Crippen LogP contribution in [0.15, 0.2) is 42.5 Å². The van der Waals surface area contributed by atoms with E-state index < -0.39 is 17.8 Å². The standard InChI is InChI=1S/C14H14O3/c15-13(10-6-2-1-3-7-10)11-8-4-5-9-12(11)14(16)17/h1-7,11-12H,8-9H2,(H,16,17)/p-1/t11-,12-/m0/s1. The molecule has 0 saturated heterocycles. The first-order chi connectivity index (χ1) is 8.20. The first-order valence-electron chi connectivity index (χ1n) is 5.65. The Labute approximate surface area is 99.8 Å². The number of carboxylic acids is 1. The number of carboxylic acid groups (broad SMARTS) is 1. The fourth-order valence-corrected chi connectivity index (χ4v) is 2.18. The molecule has 0 unspecified atom stereocenters. The van der Waals surface area contributed by atoms with Gasteiger partial charge in [0.1, 0.15) is 0 Å². The quantitative estimate of drug-likeness (QED) is 0.578. The van der Waals surface area contributed by atoms with Crippen molar-refractivity contribution in [3.63, 3.8) is 0 Å². The summed E-state index contributed by atoms with van der Waals surface area (Å²) in [6.07, 6.45) is 4.53. The van der Waals surface area contributed by atoms with E-state index in [9.17, 15) is 14.7 Å². The molecule has 0 amide bonds. The molecule has 0 fully saturated rings. The van der Waals surface area contributed by atoms with Crippen LogP contribution in [0.3, 0.4) is 0 Å². The molecule has 0 aliphatic heterocycles. The highest BCUT2D eigenvalue weighted by Gasteiger charge is 2.30. The van der Waals surface area contributed by atoms with Gasteiger partial charge in [0.15, 0.2) is 5.78 Å². The highest BCUT2D eigenvalue weighted by molar-refractivity contribution is 6.00. The van der Waals surface area contributed by atoms with Crippen molar-refractivity contribution in [1.29, 1.82) is 0 Å². The molecule has 0 heterocycles. The Morgan fingerprint density at radius 1 is 1.00 bits per heavy atom. The number of hydrogen-bond acceptors (Lipinski definition) is 3. The molecule has 1 aliphatic rings. The van der Waals surface area contributed by atoms with Gasteiger partial charge in [0.2, 0.25) is 0 Å². The normalized spacial score (nSPS) is 23.3. The van der Waals surface area contributed by atoms with E-state index in [1.807, 2.05) is 12.1 Å². The molecular weight excluding hydrogens is 216 g/mol. The number of hydrogen-bond donors (Lipinski definition) is 0. The summed E-state index contributed by atoms with van der Waals surface area (Å²) in [7, 11) is 0. The van der Waals surface area contributed by atoms with Gasteiger partial charge in [-0.1, -0.05) is 42.5 Å². The second-order valence-corrected chi connectivity index (χ2v) is 4.21. The van der Waals surface area contributed by atoms with E-state index >= 15 is 0 Å². The Morgan fingerprint density at radius 3 is 2.18 bits per heavy atom. The molecule has 3 nitrogen and oxygen atoms in total. The van der Waals surface area contributed by atoms with Gasteiger partial charge in [0.05, 0.1) is 0 Å². The Balaban J connectivity index is 2.24. The number of rotatable bonds is 3. The van der Waals surface area contributed by atoms with E-state index in [-0.39, 0.29) is 5.78 Å². The lowest BCUT2D eigenvalue weighted by atomic mass is 9.78. The summed E-state index contributed by atoms with van der Waals surface area (Å²) in [6, 6.07) is 8.81. The van der Waals surface area contributed by atoms with Gasteiger partial charge in [-0.2, -0.15) is 0 Å². The van der Waals surface area contributed by atoms with Crippen LogP contribution < -0.4 is 5.11 Å². The Bertz CT molecular complexity index is 448. The molecule has 2 atom stereocenters. The van der Waals surface area contributed by atoms with Gasteiger partial charge in [-0.15, -0.1) is 0 Å². The summed E-state index contributed by atoms with van der Waals surface area (Å²) in [6.45, 7) is 0. The van der Waals surface area contributed by atoms with E-state index in [0.29, 0.717) is 18.4 Å². The number of carbonyl (C=O) groups is 2. The second kappa shape index (κ2) is 4.95. The molecule has 17 heavy (non-hydrogen) atoms. The van der Waals surface area contributed by atoms with Gasteiger partial charge >= 0.3 is 0 Å². The highest BCUT2D eigenvalue weighted by Crippen LogP contribution is 2.28. The third-order valence-electron chi connectivity index (χ3n) is 3.13. The third-order valence-corrected chi connectivity index (χ3v) is 3.13. The van der Waals surface area contributed by atoms with E-state index in [1.54, 1.807) is 30.3 Å². The van der Waals surface area contributed by atoms with Gasteiger partial charge in [-0.05, 0) is 12.8 Å². The molecule has 2 rings (SSSR count). The van der Waals surface area contributed by atoms with Crippen LogP contribution in [0.5, 0.6) is 0 Å². The van der Waals surface area contributed by atoms with Crippen molar-refractivity contribution >= 4 is 11.8 Å². The van der Waals surface area contributed by atoms with Crippen LogP contribution >= 0.6 is 0 Å². The zero-order chi connectivity index (χ0) is 12.3. The average Bonchev–Trinajstić information content (AvgIpc) is 2.39. The summed E-state index contributed by atoms with van der Waals surface area (Å²) in [4.78, 5) is 23.2. The summed E-state index contributed by atoms with van der Waals surface area (Å²) < 4.78 is 0. The minimum Gasteiger partial charge on any atom is -0.550 e. The number of allylic oxidation sites excluding steroid dienone is 2. The molecule has 1 aromatic rings. The van der Waals surface area contributed by atoms with Crippen LogP contribution in [-0.4, -0.2) is 11.8 Å². The molecular formula is C14H13O3-. The maximum absolute atomic E-state index is 12.2. The van der Waals surface area contributed by atoms with E-state index in [4.69, 9.17) is 0 Å². The summed E-state index contributed by atoms with van der Waals surface area (Å²) in [5, 5.41) is 11.0. The lowest BCUT2D eigenvalue weighted by molar-refractivity contribution is -0.312. The van der Waals surface area contributed by atoms with Crippen LogP contribution in [0.25, 0.3) is 0 Å². The number of Topliss-reactive ketones (excluding diaryl/α,β-unsaturated/α-hetero) is 1. The number of ketones is 1. The fourth-order valence-electron chi connectivity index (χ4n) is 2.18. The van der Waals surface area contributed by atoms with Gasteiger partial charge < -0.3 is 9.90 Å². The van der Waals surface area contributed by atoms with E-state index in [0.717, 1.165) is 0 Å². The molecule has 0 spiro atoms. The van der Waals surface area contributed by atoms with Gasteiger partial charge in [-0.25, -0.2) is 0 Å². The van der Waals surface area contributed by atoms with Crippen LogP contribution in [0, 0.1) is 11.8 Å². The van der Waals surface area contributed by atoms with Gasteiger partial charge in [0.25, 0.3) is 0 Å². The van der Waals surface area contributed by atoms with Crippen molar-refractivity contribution in [2.24, 2.45) is 11.8 Å².